The summed E-state index contributed by atoms with van der Waals surface area (Å²) in [6, 6.07) is 4.91. The number of hydrogen-bond acceptors (Lipinski definition) is 6. The number of cyclic esters (lactones) is 1. The van der Waals surface area contributed by atoms with Gasteiger partial charge in [-0.25, -0.2) is 0 Å². The average molecular weight is 453 g/mol. The molecule has 4 aliphatic heterocycles. The highest BCUT2D eigenvalue weighted by Crippen LogP contribution is 2.53. The van der Waals surface area contributed by atoms with Gasteiger partial charge in [0.2, 0.25) is 5.91 Å². The predicted octanol–water partition coefficient (Wildman–Crippen LogP) is 1.28. The van der Waals surface area contributed by atoms with Crippen LogP contribution in [0.25, 0.3) is 0 Å². The van der Waals surface area contributed by atoms with Gasteiger partial charge >= 0.3 is 5.97 Å². The first-order chi connectivity index (χ1) is 15.9. The van der Waals surface area contributed by atoms with Crippen LogP contribution in [0.3, 0.4) is 0 Å². The van der Waals surface area contributed by atoms with E-state index in [0.29, 0.717) is 13.0 Å². The van der Waals surface area contributed by atoms with Crippen LogP contribution in [0, 0.1) is 25.7 Å². The average Bonchev–Trinajstić information content (AvgIpc) is 3.14. The summed E-state index contributed by atoms with van der Waals surface area (Å²) in [7, 11) is 0. The number of aliphatic hydroxyl groups is 1. The topological polar surface area (TPSA) is 96.4 Å². The van der Waals surface area contributed by atoms with Gasteiger partial charge in [-0.1, -0.05) is 36.4 Å². The van der Waals surface area contributed by atoms with Gasteiger partial charge in [-0.05, 0) is 37.5 Å². The monoisotopic (exact) mass is 452 g/mol. The van der Waals surface area contributed by atoms with Crippen molar-refractivity contribution in [3.05, 3.63) is 53.6 Å². The minimum Gasteiger partial charge on any atom is -0.465 e. The number of benzene rings is 1. The van der Waals surface area contributed by atoms with Crippen LogP contribution in [-0.2, 0) is 23.9 Å². The zero-order valence-corrected chi connectivity index (χ0v) is 18.8. The van der Waals surface area contributed by atoms with Crippen molar-refractivity contribution >= 4 is 23.5 Å². The van der Waals surface area contributed by atoms with Crippen LogP contribution in [0.1, 0.15) is 17.5 Å². The lowest BCUT2D eigenvalue weighted by Crippen LogP contribution is -2.55. The Balaban J connectivity index is 1.63. The quantitative estimate of drug-likeness (QED) is 0.548. The first kappa shape index (κ1) is 21.9. The van der Waals surface area contributed by atoms with Crippen molar-refractivity contribution in [1.82, 2.24) is 4.90 Å². The molecule has 8 nitrogen and oxygen atoms in total. The van der Waals surface area contributed by atoms with Gasteiger partial charge < -0.3 is 24.4 Å². The number of aliphatic hydroxyl groups excluding tert-OH is 1. The van der Waals surface area contributed by atoms with Gasteiger partial charge in [-0.15, -0.1) is 0 Å². The van der Waals surface area contributed by atoms with E-state index in [4.69, 9.17) is 9.47 Å². The maximum atomic E-state index is 14.1. The van der Waals surface area contributed by atoms with Crippen LogP contribution in [0.4, 0.5) is 5.69 Å². The minimum atomic E-state index is -1.31. The van der Waals surface area contributed by atoms with E-state index in [9.17, 15) is 19.5 Å². The molecule has 1 aromatic rings. The second kappa shape index (κ2) is 8.11. The molecule has 5 atom stereocenters. The first-order valence-electron chi connectivity index (χ1n) is 11.4. The summed E-state index contributed by atoms with van der Waals surface area (Å²) < 4.78 is 11.8. The highest BCUT2D eigenvalue weighted by Gasteiger charge is 2.71. The van der Waals surface area contributed by atoms with E-state index in [-0.39, 0.29) is 31.6 Å². The summed E-state index contributed by atoms with van der Waals surface area (Å²) in [5.74, 6) is -2.88. The predicted molar refractivity (Wildman–Crippen MR) is 119 cm³/mol. The summed E-state index contributed by atoms with van der Waals surface area (Å²) in [4.78, 5) is 43.7. The van der Waals surface area contributed by atoms with E-state index in [1.54, 1.807) is 11.0 Å². The smallest absolute Gasteiger partial charge is 0.312 e. The molecule has 1 N–H and O–H groups in total. The van der Waals surface area contributed by atoms with Crippen LogP contribution in [0.5, 0.6) is 0 Å². The minimum absolute atomic E-state index is 0.0202. The van der Waals surface area contributed by atoms with Gasteiger partial charge in [-0.3, -0.25) is 14.4 Å². The SMILES string of the molecule is Cc1ccc(C)c(N2CC=C[C@]34O[C@H]5C=CCCOC(=O)[C@H]5[C@H]3C(=O)N(CCO)C4C2=O)c1. The van der Waals surface area contributed by atoms with Gasteiger partial charge in [0.15, 0.2) is 0 Å². The Morgan fingerprint density at radius 3 is 2.76 bits per heavy atom. The molecule has 1 unspecified atom stereocenters. The summed E-state index contributed by atoms with van der Waals surface area (Å²) >= 11 is 0. The first-order valence-corrected chi connectivity index (χ1v) is 11.4. The van der Waals surface area contributed by atoms with Crippen molar-refractivity contribution in [2.75, 3.05) is 31.2 Å². The van der Waals surface area contributed by atoms with Crippen molar-refractivity contribution in [2.24, 2.45) is 11.8 Å². The van der Waals surface area contributed by atoms with Crippen LogP contribution < -0.4 is 4.90 Å². The number of β-amino-alcohol motifs (C(OH)–C–C–N with tert-alkyl or cyclic N) is 1. The normalized spacial score (nSPS) is 33.2. The van der Waals surface area contributed by atoms with Gasteiger partial charge in [0.1, 0.15) is 17.6 Å². The number of rotatable bonds is 3. The number of likely N-dealkylation sites (tertiary alicyclic amines) is 1. The summed E-state index contributed by atoms with van der Waals surface area (Å²) in [5.41, 5.74) is 1.42. The Hall–Kier alpha value is -2.97. The highest BCUT2D eigenvalue weighted by atomic mass is 16.6. The molecule has 4 heterocycles. The number of carbonyl (C=O) groups is 3. The Bertz CT molecular complexity index is 1060. The molecule has 0 aliphatic carbocycles. The number of amides is 2. The standard InChI is InChI=1S/C25H28N2O6/c1-15-7-8-16(2)17(14-15)26-10-5-9-25-20(22(29)27(11-12-28)21(25)23(26)30)19-18(33-25)6-3-4-13-32-24(19)31/h3,5-9,14,18-21,28H,4,10-13H2,1-2H3/t18-,19+,20-,21?,25-/m0/s1. The van der Waals surface area contributed by atoms with Crippen molar-refractivity contribution < 1.29 is 29.0 Å². The van der Waals surface area contributed by atoms with Gasteiger partial charge in [0.05, 0.1) is 25.2 Å². The molecular weight excluding hydrogens is 424 g/mol. The third-order valence-electron chi connectivity index (χ3n) is 7.12. The van der Waals surface area contributed by atoms with Crippen LogP contribution in [0.15, 0.2) is 42.5 Å². The molecule has 4 aliphatic rings. The van der Waals surface area contributed by atoms with Crippen LogP contribution >= 0.6 is 0 Å². The molecule has 0 radical (unpaired) electrons. The zero-order valence-electron chi connectivity index (χ0n) is 18.8. The van der Waals surface area contributed by atoms with E-state index in [2.05, 4.69) is 0 Å². The Morgan fingerprint density at radius 1 is 1.15 bits per heavy atom. The van der Waals surface area contributed by atoms with Gasteiger partial charge in [0, 0.05) is 18.8 Å². The second-order valence-corrected chi connectivity index (χ2v) is 9.12. The Kier molecular flexibility index (Phi) is 5.37. The number of ether oxygens (including phenoxy) is 2. The molecule has 2 amide bonds. The van der Waals surface area contributed by atoms with Crippen molar-refractivity contribution in [1.29, 1.82) is 0 Å². The van der Waals surface area contributed by atoms with Gasteiger partial charge in [-0.2, -0.15) is 0 Å². The molecule has 174 valence electrons. The largest absolute Gasteiger partial charge is 0.465 e. The number of carbonyl (C=O) groups excluding carboxylic acids is 3. The second-order valence-electron chi connectivity index (χ2n) is 9.12. The number of hydrogen-bond donors (Lipinski definition) is 1. The van der Waals surface area contributed by atoms with Crippen molar-refractivity contribution in [3.63, 3.8) is 0 Å². The fourth-order valence-electron chi connectivity index (χ4n) is 5.68. The van der Waals surface area contributed by atoms with E-state index < -0.39 is 35.6 Å². The molecule has 33 heavy (non-hydrogen) atoms. The Labute approximate surface area is 192 Å². The number of nitrogens with zero attached hydrogens (tertiary/aromatic N) is 2. The molecule has 1 aromatic carbocycles. The lowest BCUT2D eigenvalue weighted by Gasteiger charge is -2.35. The number of fused-ring (bicyclic) bond motifs is 2. The Morgan fingerprint density at radius 2 is 1.97 bits per heavy atom. The summed E-state index contributed by atoms with van der Waals surface area (Å²) in [6.07, 6.45) is 7.24. The van der Waals surface area contributed by atoms with E-state index in [1.807, 2.05) is 50.3 Å². The molecule has 8 heteroatoms. The van der Waals surface area contributed by atoms with Crippen LogP contribution in [-0.4, -0.2) is 71.8 Å². The van der Waals surface area contributed by atoms with Gasteiger partial charge in [0.25, 0.3) is 5.91 Å². The highest BCUT2D eigenvalue weighted by molar-refractivity contribution is 6.05. The number of anilines is 1. The lowest BCUT2D eigenvalue weighted by molar-refractivity contribution is -0.154. The fraction of sp³-hybridized carbons (Fsp3) is 0.480. The molecular formula is C25H28N2O6. The molecule has 2 fully saturated rings. The summed E-state index contributed by atoms with van der Waals surface area (Å²) in [6.45, 7) is 4.14. The maximum Gasteiger partial charge on any atom is 0.312 e. The summed E-state index contributed by atoms with van der Waals surface area (Å²) in [5, 5.41) is 9.70. The molecule has 0 bridgehead atoms. The third kappa shape index (κ3) is 3.23. The molecule has 1 spiro atoms. The number of esters is 1. The van der Waals surface area contributed by atoms with E-state index >= 15 is 0 Å². The molecule has 0 saturated carbocycles. The number of aryl methyl sites for hydroxylation is 2. The third-order valence-corrected chi connectivity index (χ3v) is 7.12. The van der Waals surface area contributed by atoms with Crippen molar-refractivity contribution in [3.8, 4) is 0 Å². The maximum absolute atomic E-state index is 14.1. The van der Waals surface area contributed by atoms with E-state index in [0.717, 1.165) is 16.8 Å². The lowest BCUT2D eigenvalue weighted by atomic mass is 9.77. The fourth-order valence-corrected chi connectivity index (χ4v) is 5.68. The van der Waals surface area contributed by atoms with Crippen molar-refractivity contribution in [2.45, 2.75) is 38.0 Å². The molecule has 2 saturated heterocycles. The van der Waals surface area contributed by atoms with Crippen LogP contribution in [0.2, 0.25) is 0 Å². The van der Waals surface area contributed by atoms with E-state index in [1.165, 1.54) is 4.90 Å². The zero-order chi connectivity index (χ0) is 23.3. The molecule has 5 rings (SSSR count). The molecule has 0 aromatic heterocycles.